The maximum atomic E-state index is 13.6. The Morgan fingerprint density at radius 1 is 0.766 bits per heavy atom. The van der Waals surface area contributed by atoms with Crippen molar-refractivity contribution >= 4 is 58.3 Å². The van der Waals surface area contributed by atoms with Crippen molar-refractivity contribution in [2.45, 2.75) is 109 Å². The minimum Gasteiger partial charge on any atom is -0.480 e. The summed E-state index contributed by atoms with van der Waals surface area (Å²) in [5.74, 6) is -4.10. The fraction of sp³-hybridized carbons (Fsp3) is 0.600. The quantitative estimate of drug-likeness (QED) is 0.0531. The van der Waals surface area contributed by atoms with Gasteiger partial charge < -0.3 is 50.7 Å². The Kier molecular flexibility index (Phi) is 21.9. The van der Waals surface area contributed by atoms with Crippen molar-refractivity contribution in [3.05, 3.63) is 48.0 Å². The second kappa shape index (κ2) is 27.5. The number of rotatable bonds is 28. The molecule has 19 heteroatoms. The number of hydroxylamine groups is 2. The van der Waals surface area contributed by atoms with Crippen LogP contribution < -0.4 is 26.6 Å². The van der Waals surface area contributed by atoms with Gasteiger partial charge in [0.25, 0.3) is 11.8 Å². The molecule has 1 saturated heterocycles. The van der Waals surface area contributed by atoms with Crippen LogP contribution in [-0.4, -0.2) is 129 Å². The number of carbonyl (C=O) groups is 8. The molecule has 352 valence electrons. The van der Waals surface area contributed by atoms with Crippen molar-refractivity contribution in [2.24, 2.45) is 11.8 Å². The third-order valence-electron chi connectivity index (χ3n) is 11.0. The number of nitrogens with one attached hydrogen (secondary N) is 5. The van der Waals surface area contributed by atoms with Crippen LogP contribution in [0.2, 0.25) is 0 Å². The largest absolute Gasteiger partial charge is 0.480 e. The number of amides is 7. The molecule has 19 nitrogen and oxygen atoms in total. The van der Waals surface area contributed by atoms with Crippen LogP contribution in [0.25, 0.3) is 10.8 Å². The lowest BCUT2D eigenvalue weighted by molar-refractivity contribution is -0.200. The van der Waals surface area contributed by atoms with Gasteiger partial charge in [0.15, 0.2) is 0 Å². The van der Waals surface area contributed by atoms with Gasteiger partial charge in [-0.05, 0) is 80.5 Å². The van der Waals surface area contributed by atoms with Gasteiger partial charge in [-0.2, -0.15) is 0 Å². The van der Waals surface area contributed by atoms with Crippen LogP contribution in [0, 0.1) is 11.8 Å². The van der Waals surface area contributed by atoms with E-state index in [4.69, 9.17) is 19.0 Å². The summed E-state index contributed by atoms with van der Waals surface area (Å²) in [6.45, 7) is 4.48. The van der Waals surface area contributed by atoms with E-state index >= 15 is 0 Å². The minimum atomic E-state index is -1.13. The number of fused-ring (bicyclic) bond motifs is 1. The normalized spacial score (nSPS) is 17.6. The van der Waals surface area contributed by atoms with Gasteiger partial charge in [0.1, 0.15) is 25.3 Å². The molecule has 1 heterocycles. The van der Waals surface area contributed by atoms with Crippen LogP contribution in [0.5, 0.6) is 0 Å². The van der Waals surface area contributed by atoms with Crippen molar-refractivity contribution < 1.29 is 62.5 Å². The standard InChI is InChI=1S/C45H64N6O13/c1-3-8-30(2)48-45(60)50-36(44(58)59)11-6-7-20-46-43(57)37(26-32-14-15-33-9-4-5-10-35(33)25-32)49-42(56)34-16-12-31(13-17-34)27-47-38(52)28-62-23-21-61-22-24-63-29-41(55)64-51-39(53)18-19-40(51)54/h4-5,9-10,14-15,25,30-31,34,36-37H,3,6-8,11-13,16-24,26-29H2,1-2H3,(H,46,57)(H,47,52)(H,49,56)(H,58,59)(H2,48,50,60)/t30-,31?,34?,36-,37-/m0/s1. The Labute approximate surface area is 373 Å². The summed E-state index contributed by atoms with van der Waals surface area (Å²) in [4.78, 5) is 103. The van der Waals surface area contributed by atoms with E-state index in [1.54, 1.807) is 0 Å². The lowest BCUT2D eigenvalue weighted by Gasteiger charge is -2.29. The molecule has 1 saturated carbocycles. The summed E-state index contributed by atoms with van der Waals surface area (Å²) < 4.78 is 15.9. The first-order valence-electron chi connectivity index (χ1n) is 22.2. The fourth-order valence-electron chi connectivity index (χ4n) is 7.48. The van der Waals surface area contributed by atoms with Gasteiger partial charge in [-0.1, -0.05) is 55.8 Å². The molecule has 2 aromatic rings. The van der Waals surface area contributed by atoms with Crippen molar-refractivity contribution in [3.8, 4) is 0 Å². The molecule has 1 aliphatic carbocycles. The van der Waals surface area contributed by atoms with Crippen LogP contribution in [0.15, 0.2) is 42.5 Å². The second-order valence-corrected chi connectivity index (χ2v) is 16.2. The van der Waals surface area contributed by atoms with E-state index < -0.39 is 48.5 Å². The monoisotopic (exact) mass is 896 g/mol. The Bertz CT molecular complexity index is 1870. The Hall–Kier alpha value is -5.66. The van der Waals surface area contributed by atoms with Crippen LogP contribution >= 0.6 is 0 Å². The first-order chi connectivity index (χ1) is 30.8. The van der Waals surface area contributed by atoms with Gasteiger partial charge in [-0.15, -0.1) is 5.06 Å². The SMILES string of the molecule is CCC[C@H](C)NC(=O)N[C@@H](CCCCNC(=O)[C@H](Cc1ccc2ccccc2c1)NC(=O)C1CCC(CNC(=O)COCCOCCOCC(=O)ON2C(=O)CCC2=O)CC1)C(=O)O. The van der Waals surface area contributed by atoms with E-state index in [0.717, 1.165) is 29.2 Å². The minimum absolute atomic E-state index is 0.00343. The van der Waals surface area contributed by atoms with Crippen molar-refractivity contribution in [1.82, 2.24) is 31.6 Å². The number of ether oxygens (including phenoxy) is 3. The smallest absolute Gasteiger partial charge is 0.358 e. The number of unbranched alkanes of at least 4 members (excludes halogenated alkanes) is 1. The first-order valence-corrected chi connectivity index (χ1v) is 22.2. The maximum absolute atomic E-state index is 13.6. The number of aliphatic carboxylic acids is 1. The average molecular weight is 897 g/mol. The zero-order chi connectivity index (χ0) is 46.3. The summed E-state index contributed by atoms with van der Waals surface area (Å²) in [6.07, 6.45) is 5.67. The zero-order valence-electron chi connectivity index (χ0n) is 36.9. The number of imide groups is 1. The Morgan fingerprint density at radius 2 is 1.44 bits per heavy atom. The molecule has 4 rings (SSSR count). The van der Waals surface area contributed by atoms with Crippen molar-refractivity contribution in [1.29, 1.82) is 0 Å². The Balaban J connectivity index is 1.13. The summed E-state index contributed by atoms with van der Waals surface area (Å²) >= 11 is 0. The van der Waals surface area contributed by atoms with Crippen molar-refractivity contribution in [3.63, 3.8) is 0 Å². The third kappa shape index (κ3) is 18.2. The molecular formula is C45H64N6O13. The zero-order valence-corrected chi connectivity index (χ0v) is 36.9. The third-order valence-corrected chi connectivity index (χ3v) is 11.0. The molecule has 2 aliphatic rings. The number of hydrogen-bond donors (Lipinski definition) is 6. The molecule has 6 N–H and O–H groups in total. The molecule has 2 aromatic carbocycles. The van der Waals surface area contributed by atoms with E-state index in [0.29, 0.717) is 50.1 Å². The average Bonchev–Trinajstić information content (AvgIpc) is 3.59. The Morgan fingerprint density at radius 3 is 2.12 bits per heavy atom. The highest BCUT2D eigenvalue weighted by Crippen LogP contribution is 2.29. The molecule has 64 heavy (non-hydrogen) atoms. The molecule has 0 bridgehead atoms. The first kappa shape index (κ1) is 51.0. The van der Waals surface area contributed by atoms with Crippen LogP contribution in [-0.2, 0) is 59.0 Å². The molecule has 0 radical (unpaired) electrons. The van der Waals surface area contributed by atoms with Crippen molar-refractivity contribution in [2.75, 3.05) is 52.7 Å². The summed E-state index contributed by atoms with van der Waals surface area (Å²) in [5, 5.41) is 26.3. The van der Waals surface area contributed by atoms with E-state index in [1.807, 2.05) is 56.3 Å². The number of carboxylic acid groups (broad SMARTS) is 1. The maximum Gasteiger partial charge on any atom is 0.358 e. The number of nitrogens with zero attached hydrogens (tertiary/aromatic N) is 1. The summed E-state index contributed by atoms with van der Waals surface area (Å²) in [6, 6.07) is 11.3. The van der Waals surface area contributed by atoms with E-state index in [1.165, 1.54) is 0 Å². The molecule has 2 fully saturated rings. The van der Waals surface area contributed by atoms with Gasteiger partial charge in [0, 0.05) is 44.3 Å². The second-order valence-electron chi connectivity index (χ2n) is 16.2. The molecule has 0 spiro atoms. The van der Waals surface area contributed by atoms with E-state index in [9.17, 15) is 43.5 Å². The van der Waals surface area contributed by atoms with E-state index in [2.05, 4.69) is 26.6 Å². The molecule has 7 amide bonds. The van der Waals surface area contributed by atoms with Crippen LogP contribution in [0.3, 0.4) is 0 Å². The fourth-order valence-corrected chi connectivity index (χ4v) is 7.48. The molecule has 3 atom stereocenters. The number of hydrogen-bond acceptors (Lipinski definition) is 12. The van der Waals surface area contributed by atoms with Gasteiger partial charge in [0.2, 0.25) is 17.7 Å². The lowest BCUT2D eigenvalue weighted by atomic mass is 9.81. The topological polar surface area (TPSA) is 257 Å². The summed E-state index contributed by atoms with van der Waals surface area (Å²) in [7, 11) is 0. The predicted molar refractivity (Wildman–Crippen MR) is 232 cm³/mol. The number of urea groups is 1. The molecule has 1 aliphatic heterocycles. The summed E-state index contributed by atoms with van der Waals surface area (Å²) in [5.41, 5.74) is 0.887. The highest BCUT2D eigenvalue weighted by atomic mass is 16.7. The predicted octanol–water partition coefficient (Wildman–Crippen LogP) is 2.67. The number of carbonyl (C=O) groups excluding carboxylic acids is 7. The lowest BCUT2D eigenvalue weighted by Crippen LogP contribution is -2.50. The van der Waals surface area contributed by atoms with Crippen LogP contribution in [0.1, 0.15) is 90.0 Å². The van der Waals surface area contributed by atoms with Crippen LogP contribution in [0.4, 0.5) is 4.79 Å². The molecule has 0 unspecified atom stereocenters. The number of benzene rings is 2. The van der Waals surface area contributed by atoms with E-state index in [-0.39, 0.29) is 101 Å². The van der Waals surface area contributed by atoms with Gasteiger partial charge in [0.05, 0.1) is 26.4 Å². The molecule has 0 aromatic heterocycles. The highest BCUT2D eigenvalue weighted by molar-refractivity contribution is 6.01. The molecular weight excluding hydrogens is 833 g/mol. The van der Waals surface area contributed by atoms with Gasteiger partial charge in [-0.25, -0.2) is 14.4 Å². The highest BCUT2D eigenvalue weighted by Gasteiger charge is 2.33. The van der Waals surface area contributed by atoms with Gasteiger partial charge in [-0.3, -0.25) is 24.0 Å². The number of carboxylic acids is 1. The van der Waals surface area contributed by atoms with Gasteiger partial charge >= 0.3 is 18.0 Å².